The van der Waals surface area contributed by atoms with Crippen molar-refractivity contribution in [3.63, 3.8) is 0 Å². The molecule has 0 saturated heterocycles. The molecule has 0 atom stereocenters. The summed E-state index contributed by atoms with van der Waals surface area (Å²) < 4.78 is 7.46. The lowest BCUT2D eigenvalue weighted by Crippen LogP contribution is -1.93. The third-order valence-electron chi connectivity index (χ3n) is 9.53. The number of hydrogen-bond donors (Lipinski definition) is 0. The van der Waals surface area contributed by atoms with E-state index in [2.05, 4.69) is 179 Å². The van der Waals surface area contributed by atoms with Crippen LogP contribution in [0.2, 0.25) is 0 Å². The summed E-state index contributed by atoms with van der Waals surface area (Å²) in [5.74, 6) is 0. The maximum Gasteiger partial charge on any atom is 0.0727 e. The zero-order valence-electron chi connectivity index (χ0n) is 25.5. The van der Waals surface area contributed by atoms with E-state index in [4.69, 9.17) is 0 Å². The van der Waals surface area contributed by atoms with Gasteiger partial charge in [-0.15, -0.1) is 11.3 Å². The molecule has 0 aliphatic rings. The van der Waals surface area contributed by atoms with E-state index >= 15 is 0 Å². The monoisotopic (exact) mass is 616 g/mol. The maximum atomic E-state index is 2.44. The molecule has 0 bridgehead atoms. The minimum Gasteiger partial charge on any atom is -0.309 e. The summed E-state index contributed by atoms with van der Waals surface area (Å²) in [4.78, 5) is 0. The van der Waals surface area contributed by atoms with Gasteiger partial charge in [-0.1, -0.05) is 109 Å². The zero-order valence-corrected chi connectivity index (χ0v) is 26.3. The average molecular weight is 617 g/mol. The Morgan fingerprint density at radius 2 is 0.872 bits per heavy atom. The Balaban J connectivity index is 1.19. The molecule has 0 aliphatic carbocycles. The number of benzene rings is 7. The number of aromatic nitrogens is 2. The van der Waals surface area contributed by atoms with Crippen molar-refractivity contribution < 1.29 is 0 Å². The van der Waals surface area contributed by atoms with E-state index in [-0.39, 0.29) is 0 Å². The van der Waals surface area contributed by atoms with Crippen LogP contribution < -0.4 is 0 Å². The second-order valence-electron chi connectivity index (χ2n) is 12.1. The van der Waals surface area contributed by atoms with Crippen LogP contribution >= 0.6 is 11.3 Å². The zero-order chi connectivity index (χ0) is 30.9. The van der Waals surface area contributed by atoms with Crippen LogP contribution in [0.1, 0.15) is 0 Å². The molecule has 3 aromatic heterocycles. The maximum absolute atomic E-state index is 2.44. The molecule has 0 fully saturated rings. The molecule has 0 amide bonds. The van der Waals surface area contributed by atoms with Crippen molar-refractivity contribution in [3.05, 3.63) is 170 Å². The summed E-state index contributed by atoms with van der Waals surface area (Å²) in [6.45, 7) is 0. The second kappa shape index (κ2) is 10.3. The first kappa shape index (κ1) is 26.3. The smallest absolute Gasteiger partial charge is 0.0727 e. The van der Waals surface area contributed by atoms with E-state index in [1.165, 1.54) is 86.6 Å². The topological polar surface area (TPSA) is 9.86 Å². The Bertz CT molecular complexity index is 2780. The summed E-state index contributed by atoms with van der Waals surface area (Å²) in [6, 6.07) is 61.8. The van der Waals surface area contributed by atoms with Crippen molar-refractivity contribution in [1.29, 1.82) is 0 Å². The van der Waals surface area contributed by atoms with E-state index in [0.29, 0.717) is 0 Å². The Hall–Kier alpha value is -5.90. The molecule has 0 unspecified atom stereocenters. The van der Waals surface area contributed by atoms with E-state index in [1.807, 2.05) is 11.3 Å². The highest BCUT2D eigenvalue weighted by molar-refractivity contribution is 7.26. The minimum absolute atomic E-state index is 1.18. The first-order chi connectivity index (χ1) is 23.3. The number of fused-ring (bicyclic) bond motifs is 8. The Kier molecular flexibility index (Phi) is 5.78. The van der Waals surface area contributed by atoms with Crippen LogP contribution in [0.4, 0.5) is 0 Å². The van der Waals surface area contributed by atoms with Crippen molar-refractivity contribution >= 4 is 64.3 Å². The molecule has 220 valence electrons. The first-order valence-electron chi connectivity index (χ1n) is 16.0. The summed E-state index contributed by atoms with van der Waals surface area (Å²) in [5.41, 5.74) is 12.3. The van der Waals surface area contributed by atoms with Crippen molar-refractivity contribution in [2.24, 2.45) is 0 Å². The second-order valence-corrected chi connectivity index (χ2v) is 13.2. The van der Waals surface area contributed by atoms with Gasteiger partial charge in [-0.25, -0.2) is 0 Å². The van der Waals surface area contributed by atoms with Crippen molar-refractivity contribution in [2.45, 2.75) is 0 Å². The molecule has 0 N–H and O–H groups in total. The van der Waals surface area contributed by atoms with Crippen LogP contribution in [-0.4, -0.2) is 9.13 Å². The molecule has 0 spiro atoms. The van der Waals surface area contributed by atoms with Gasteiger partial charge < -0.3 is 9.13 Å². The van der Waals surface area contributed by atoms with Gasteiger partial charge in [-0.05, 0) is 82.9 Å². The van der Waals surface area contributed by atoms with Gasteiger partial charge in [0.15, 0.2) is 0 Å². The Morgan fingerprint density at radius 3 is 1.57 bits per heavy atom. The third kappa shape index (κ3) is 3.97. The predicted molar refractivity (Wildman–Crippen MR) is 201 cm³/mol. The van der Waals surface area contributed by atoms with Crippen LogP contribution in [0.3, 0.4) is 0 Å². The van der Waals surface area contributed by atoms with Crippen molar-refractivity contribution in [3.8, 4) is 33.6 Å². The van der Waals surface area contributed by atoms with Crippen LogP contribution in [0.5, 0.6) is 0 Å². The van der Waals surface area contributed by atoms with Gasteiger partial charge in [-0.3, -0.25) is 0 Å². The highest BCUT2D eigenvalue weighted by Crippen LogP contribution is 2.44. The van der Waals surface area contributed by atoms with E-state index in [9.17, 15) is 0 Å². The lowest BCUT2D eigenvalue weighted by atomic mass is 9.93. The SMILES string of the molecule is c1ccc(-n2c3ccccc3c3cc(-c4ccccc4-c4ccc5sc6c7ccccc7n(-c7ccccc7)c6c5c4)ccc32)cc1. The van der Waals surface area contributed by atoms with Crippen LogP contribution in [0, 0.1) is 0 Å². The summed E-state index contributed by atoms with van der Waals surface area (Å²) >= 11 is 1.89. The number of para-hydroxylation sites is 4. The number of nitrogens with zero attached hydrogens (tertiary/aromatic N) is 2. The average Bonchev–Trinajstić information content (AvgIpc) is 3.79. The molecular weight excluding hydrogens is 589 g/mol. The third-order valence-corrected chi connectivity index (χ3v) is 10.7. The number of hydrogen-bond acceptors (Lipinski definition) is 1. The van der Waals surface area contributed by atoms with Gasteiger partial charge in [0.25, 0.3) is 0 Å². The van der Waals surface area contributed by atoms with Crippen molar-refractivity contribution in [1.82, 2.24) is 9.13 Å². The fourth-order valence-electron chi connectivity index (χ4n) is 7.47. The standard InChI is InChI=1S/C44H28N2S/c1-3-13-31(14-4-1)45-39-21-11-9-19-35(39)37-27-29(23-25-41(37)45)33-17-7-8-18-34(33)30-24-26-42-38(28-30)43-44(47-42)36-20-10-12-22-40(36)46(43)32-15-5-2-6-16-32/h1-28H. The van der Waals surface area contributed by atoms with E-state index in [0.717, 1.165) is 0 Å². The number of rotatable bonds is 4. The van der Waals surface area contributed by atoms with Gasteiger partial charge in [0.2, 0.25) is 0 Å². The molecule has 7 aromatic carbocycles. The predicted octanol–water partition coefficient (Wildman–Crippen LogP) is 12.4. The summed E-state index contributed by atoms with van der Waals surface area (Å²) in [7, 11) is 0. The van der Waals surface area contributed by atoms with Crippen molar-refractivity contribution in [2.75, 3.05) is 0 Å². The molecule has 2 nitrogen and oxygen atoms in total. The summed E-state index contributed by atoms with van der Waals surface area (Å²) in [5, 5.41) is 5.12. The van der Waals surface area contributed by atoms with Gasteiger partial charge in [0.1, 0.15) is 0 Å². The van der Waals surface area contributed by atoms with E-state index in [1.54, 1.807) is 0 Å². The van der Waals surface area contributed by atoms with Gasteiger partial charge in [-0.2, -0.15) is 0 Å². The molecule has 47 heavy (non-hydrogen) atoms. The molecule has 3 heteroatoms. The largest absolute Gasteiger partial charge is 0.309 e. The van der Waals surface area contributed by atoms with Gasteiger partial charge in [0.05, 0.1) is 26.8 Å². The lowest BCUT2D eigenvalue weighted by molar-refractivity contribution is 1.18. The summed E-state index contributed by atoms with van der Waals surface area (Å²) in [6.07, 6.45) is 0. The minimum atomic E-state index is 1.18. The molecule has 0 aliphatic heterocycles. The van der Waals surface area contributed by atoms with Crippen LogP contribution in [0.25, 0.3) is 86.6 Å². The van der Waals surface area contributed by atoms with Gasteiger partial charge >= 0.3 is 0 Å². The number of thiophene rings is 1. The van der Waals surface area contributed by atoms with Gasteiger partial charge in [0, 0.05) is 37.6 Å². The molecule has 0 radical (unpaired) electrons. The molecular formula is C44H28N2S. The lowest BCUT2D eigenvalue weighted by Gasteiger charge is -2.12. The first-order valence-corrected chi connectivity index (χ1v) is 16.8. The molecule has 10 rings (SSSR count). The normalized spacial score (nSPS) is 11.8. The quantitative estimate of drug-likeness (QED) is 0.186. The Morgan fingerprint density at radius 1 is 0.362 bits per heavy atom. The highest BCUT2D eigenvalue weighted by atomic mass is 32.1. The molecule has 3 heterocycles. The van der Waals surface area contributed by atoms with E-state index < -0.39 is 0 Å². The fourth-order valence-corrected chi connectivity index (χ4v) is 8.67. The van der Waals surface area contributed by atoms with Crippen LogP contribution in [-0.2, 0) is 0 Å². The highest BCUT2D eigenvalue weighted by Gasteiger charge is 2.19. The Labute approximate surface area is 276 Å². The fraction of sp³-hybridized carbons (Fsp3) is 0. The van der Waals surface area contributed by atoms with Crippen LogP contribution in [0.15, 0.2) is 170 Å². The molecule has 10 aromatic rings. The molecule has 0 saturated carbocycles.